The quantitative estimate of drug-likeness (QED) is 0.238. The lowest BCUT2D eigenvalue weighted by molar-refractivity contribution is -0.384. The minimum atomic E-state index is -0.507. The van der Waals surface area contributed by atoms with Gasteiger partial charge in [-0.3, -0.25) is 25.3 Å². The number of nitro groups is 1. The monoisotopic (exact) mass is 366 g/mol. The summed E-state index contributed by atoms with van der Waals surface area (Å²) in [6.07, 6.45) is 1.68. The zero-order valence-electron chi connectivity index (χ0n) is 13.7. The number of pyridine rings is 1. The van der Waals surface area contributed by atoms with E-state index in [9.17, 15) is 14.9 Å². The van der Waals surface area contributed by atoms with Crippen LogP contribution in [0, 0.1) is 10.1 Å². The molecule has 0 amide bonds. The van der Waals surface area contributed by atoms with Crippen LogP contribution in [0.15, 0.2) is 70.8 Å². The van der Waals surface area contributed by atoms with Crippen molar-refractivity contribution in [3.8, 4) is 0 Å². The number of nitro benzene ring substituents is 1. The van der Waals surface area contributed by atoms with E-state index in [-0.39, 0.29) is 22.2 Å². The fourth-order valence-electron chi connectivity index (χ4n) is 2.27. The van der Waals surface area contributed by atoms with Crippen molar-refractivity contribution < 1.29 is 9.72 Å². The summed E-state index contributed by atoms with van der Waals surface area (Å²) in [6.45, 7) is 1.39. The van der Waals surface area contributed by atoms with Gasteiger partial charge in [0.2, 0.25) is 0 Å². The van der Waals surface area contributed by atoms with Crippen LogP contribution in [0.3, 0.4) is 0 Å². The second-order valence-corrected chi connectivity index (χ2v) is 6.32. The third-order valence-electron chi connectivity index (χ3n) is 3.48. The van der Waals surface area contributed by atoms with Gasteiger partial charge in [-0.15, -0.1) is 0 Å². The molecule has 0 aliphatic carbocycles. The Morgan fingerprint density at radius 3 is 2.69 bits per heavy atom. The number of aromatic nitrogens is 1. The van der Waals surface area contributed by atoms with Gasteiger partial charge >= 0.3 is 0 Å². The average molecular weight is 366 g/mol. The first-order valence-corrected chi connectivity index (χ1v) is 8.47. The lowest BCUT2D eigenvalue weighted by Crippen LogP contribution is -2.09. The molecule has 0 radical (unpaired) electrons. The Morgan fingerprint density at radius 1 is 1.15 bits per heavy atom. The molecule has 0 aliphatic rings. The van der Waals surface area contributed by atoms with E-state index < -0.39 is 4.92 Å². The maximum absolute atomic E-state index is 12.0. The standard InChI is InChI=1S/C18H14N4O3S/c1-12(23)18(21-20-14-8-2-3-9-15(14)22(24)25)26-16-10-4-6-13-7-5-11-19-17(13)16/h2-11,20H,1H3. The Balaban J connectivity index is 1.92. The molecule has 1 aromatic heterocycles. The highest BCUT2D eigenvalue weighted by Gasteiger charge is 2.15. The molecule has 0 bridgehead atoms. The number of hydrogen-bond acceptors (Lipinski definition) is 7. The van der Waals surface area contributed by atoms with Crippen molar-refractivity contribution in [3.05, 3.63) is 70.9 Å². The summed E-state index contributed by atoms with van der Waals surface area (Å²) in [7, 11) is 0. The van der Waals surface area contributed by atoms with Gasteiger partial charge in [0.15, 0.2) is 10.8 Å². The van der Waals surface area contributed by atoms with Crippen LogP contribution in [-0.4, -0.2) is 20.7 Å². The number of hydrogen-bond donors (Lipinski definition) is 1. The second kappa shape index (κ2) is 7.75. The number of anilines is 1. The number of carbonyl (C=O) groups is 1. The number of thioether (sulfide) groups is 1. The molecule has 1 heterocycles. The Kier molecular flexibility index (Phi) is 5.23. The molecule has 7 nitrogen and oxygen atoms in total. The van der Waals surface area contributed by atoms with Gasteiger partial charge in [-0.2, -0.15) is 5.10 Å². The van der Waals surface area contributed by atoms with Crippen LogP contribution < -0.4 is 5.43 Å². The third kappa shape index (κ3) is 3.86. The summed E-state index contributed by atoms with van der Waals surface area (Å²) < 4.78 is 0. The fraction of sp³-hybridized carbons (Fsp3) is 0.0556. The minimum Gasteiger partial charge on any atom is -0.292 e. The molecular weight excluding hydrogens is 352 g/mol. The summed E-state index contributed by atoms with van der Waals surface area (Å²) >= 11 is 1.17. The van der Waals surface area contributed by atoms with E-state index >= 15 is 0 Å². The van der Waals surface area contributed by atoms with Crippen LogP contribution in [0.4, 0.5) is 11.4 Å². The minimum absolute atomic E-state index is 0.115. The highest BCUT2D eigenvalue weighted by atomic mass is 32.2. The first-order chi connectivity index (χ1) is 12.6. The van der Waals surface area contributed by atoms with E-state index in [0.29, 0.717) is 0 Å². The molecule has 1 N–H and O–H groups in total. The molecule has 26 heavy (non-hydrogen) atoms. The molecule has 3 rings (SSSR count). The van der Waals surface area contributed by atoms with E-state index in [4.69, 9.17) is 0 Å². The topological polar surface area (TPSA) is 97.5 Å². The normalized spacial score (nSPS) is 11.3. The number of Topliss-reactive ketones (excluding diaryl/α,β-unsaturated/α-hetero) is 1. The van der Waals surface area contributed by atoms with Crippen molar-refractivity contribution in [1.29, 1.82) is 0 Å². The lowest BCUT2D eigenvalue weighted by Gasteiger charge is -2.07. The molecule has 3 aromatic rings. The molecule has 0 saturated carbocycles. The van der Waals surface area contributed by atoms with Gasteiger partial charge < -0.3 is 0 Å². The lowest BCUT2D eigenvalue weighted by atomic mass is 10.2. The summed E-state index contributed by atoms with van der Waals surface area (Å²) in [6, 6.07) is 15.5. The third-order valence-corrected chi connectivity index (χ3v) is 4.60. The zero-order chi connectivity index (χ0) is 18.5. The van der Waals surface area contributed by atoms with Crippen LogP contribution in [0.2, 0.25) is 0 Å². The van der Waals surface area contributed by atoms with Gasteiger partial charge in [0.05, 0.1) is 10.4 Å². The molecular formula is C18H14N4O3S. The largest absolute Gasteiger partial charge is 0.294 e. The highest BCUT2D eigenvalue weighted by molar-refractivity contribution is 8.15. The fourth-order valence-corrected chi connectivity index (χ4v) is 3.13. The van der Waals surface area contributed by atoms with E-state index in [0.717, 1.165) is 15.8 Å². The first-order valence-electron chi connectivity index (χ1n) is 7.66. The summed E-state index contributed by atoms with van der Waals surface area (Å²) in [4.78, 5) is 27.7. The zero-order valence-corrected chi connectivity index (χ0v) is 14.6. The van der Waals surface area contributed by atoms with Crippen LogP contribution in [0.25, 0.3) is 10.9 Å². The highest BCUT2D eigenvalue weighted by Crippen LogP contribution is 2.28. The van der Waals surface area contributed by atoms with Crippen LogP contribution >= 0.6 is 11.8 Å². The van der Waals surface area contributed by atoms with Crippen LogP contribution in [-0.2, 0) is 4.79 Å². The van der Waals surface area contributed by atoms with Crippen molar-refractivity contribution in [2.45, 2.75) is 11.8 Å². The van der Waals surface area contributed by atoms with Gasteiger partial charge in [-0.1, -0.05) is 42.1 Å². The first kappa shape index (κ1) is 17.6. The second-order valence-electron chi connectivity index (χ2n) is 5.29. The maximum atomic E-state index is 12.0. The van der Waals surface area contributed by atoms with Gasteiger partial charge in [-0.25, -0.2) is 0 Å². The van der Waals surface area contributed by atoms with Crippen molar-refractivity contribution in [3.63, 3.8) is 0 Å². The molecule has 0 saturated heterocycles. The van der Waals surface area contributed by atoms with Gasteiger partial charge in [0.1, 0.15) is 5.69 Å². The summed E-state index contributed by atoms with van der Waals surface area (Å²) in [5, 5.41) is 16.3. The predicted octanol–water partition coefficient (Wildman–Crippen LogP) is 4.25. The van der Waals surface area contributed by atoms with E-state index in [1.165, 1.54) is 30.8 Å². The summed E-state index contributed by atoms with van der Waals surface area (Å²) in [5.74, 6) is -0.256. The number of nitrogens with one attached hydrogen (secondary N) is 1. The summed E-state index contributed by atoms with van der Waals surface area (Å²) in [5.41, 5.74) is 3.49. The number of fused-ring (bicyclic) bond motifs is 1. The average Bonchev–Trinajstić information content (AvgIpc) is 2.65. The maximum Gasteiger partial charge on any atom is 0.294 e. The van der Waals surface area contributed by atoms with Crippen molar-refractivity contribution in [2.24, 2.45) is 5.10 Å². The Hall–Kier alpha value is -3.26. The molecule has 8 heteroatoms. The SMILES string of the molecule is CC(=O)C(=NNc1ccccc1[N+](=O)[O-])Sc1cccc2cccnc12. The van der Waals surface area contributed by atoms with E-state index in [2.05, 4.69) is 15.5 Å². The number of ketones is 1. The number of rotatable bonds is 5. The van der Waals surface area contributed by atoms with E-state index in [1.807, 2.05) is 30.3 Å². The van der Waals surface area contributed by atoms with Gasteiger partial charge in [0, 0.05) is 29.5 Å². The number of nitrogens with zero attached hydrogens (tertiary/aromatic N) is 3. The Bertz CT molecular complexity index is 1010. The molecule has 130 valence electrons. The molecule has 0 fully saturated rings. The van der Waals surface area contributed by atoms with Gasteiger partial charge in [-0.05, 0) is 18.2 Å². The molecule has 0 unspecified atom stereocenters. The van der Waals surface area contributed by atoms with Crippen LogP contribution in [0.1, 0.15) is 6.92 Å². The number of benzene rings is 2. The number of hydrazone groups is 1. The smallest absolute Gasteiger partial charge is 0.292 e. The van der Waals surface area contributed by atoms with Gasteiger partial charge in [0.25, 0.3) is 5.69 Å². The Labute approximate surface area is 153 Å². The Morgan fingerprint density at radius 2 is 1.92 bits per heavy atom. The molecule has 2 aromatic carbocycles. The van der Waals surface area contributed by atoms with Crippen molar-refractivity contribution >= 4 is 44.9 Å². The number of para-hydroxylation sites is 3. The molecule has 0 spiro atoms. The number of carbonyl (C=O) groups excluding carboxylic acids is 1. The van der Waals surface area contributed by atoms with Crippen molar-refractivity contribution in [2.75, 3.05) is 5.43 Å². The molecule has 0 aliphatic heterocycles. The molecule has 0 atom stereocenters. The predicted molar refractivity (Wildman–Crippen MR) is 102 cm³/mol. The van der Waals surface area contributed by atoms with E-state index in [1.54, 1.807) is 18.3 Å². The van der Waals surface area contributed by atoms with Crippen LogP contribution in [0.5, 0.6) is 0 Å². The van der Waals surface area contributed by atoms with Crippen molar-refractivity contribution in [1.82, 2.24) is 4.98 Å².